The highest BCUT2D eigenvalue weighted by Crippen LogP contribution is 2.43. The molecule has 1 aliphatic carbocycles. The fourth-order valence-electron chi connectivity index (χ4n) is 2.74. The van der Waals surface area contributed by atoms with Crippen LogP contribution in [0.3, 0.4) is 0 Å². The van der Waals surface area contributed by atoms with Crippen molar-refractivity contribution in [1.29, 1.82) is 0 Å². The summed E-state index contributed by atoms with van der Waals surface area (Å²) in [6.07, 6.45) is 4.57. The predicted octanol–water partition coefficient (Wildman–Crippen LogP) is 1.90. The summed E-state index contributed by atoms with van der Waals surface area (Å²) in [6, 6.07) is 0. The summed E-state index contributed by atoms with van der Waals surface area (Å²) in [5.41, 5.74) is -0.667. The van der Waals surface area contributed by atoms with E-state index in [9.17, 15) is 4.79 Å². The molecule has 2 fully saturated rings. The fraction of sp³-hybridized carbons (Fsp3) is 0.909. The van der Waals surface area contributed by atoms with E-state index in [1.54, 1.807) is 0 Å². The van der Waals surface area contributed by atoms with E-state index in [1.165, 1.54) is 12.8 Å². The average Bonchev–Trinajstić information content (AvgIpc) is 2.41. The summed E-state index contributed by atoms with van der Waals surface area (Å²) >= 11 is 0. The maximum atomic E-state index is 11.7. The van der Waals surface area contributed by atoms with Crippen molar-refractivity contribution < 1.29 is 14.3 Å². The number of esters is 1. The van der Waals surface area contributed by atoms with Crippen LogP contribution >= 0.6 is 0 Å². The molecule has 0 aromatic rings. The topological polar surface area (TPSA) is 35.5 Å². The maximum absolute atomic E-state index is 11.7. The first-order valence-corrected chi connectivity index (χ1v) is 5.53. The van der Waals surface area contributed by atoms with Gasteiger partial charge in [0.05, 0.1) is 0 Å². The van der Waals surface area contributed by atoms with Gasteiger partial charge in [0.15, 0.2) is 5.60 Å². The van der Waals surface area contributed by atoms with Gasteiger partial charge in [-0.15, -0.1) is 0 Å². The molecule has 0 N–H and O–H groups in total. The number of fused-ring (bicyclic) bond motifs is 1. The third-order valence-corrected chi connectivity index (χ3v) is 3.52. The summed E-state index contributed by atoms with van der Waals surface area (Å²) in [4.78, 5) is 11.7. The van der Waals surface area contributed by atoms with Crippen molar-refractivity contribution in [1.82, 2.24) is 0 Å². The van der Waals surface area contributed by atoms with E-state index >= 15 is 0 Å². The molecule has 0 aromatic carbocycles. The molecule has 3 atom stereocenters. The first kappa shape index (κ1) is 9.97. The van der Waals surface area contributed by atoms with Crippen LogP contribution in [0.5, 0.6) is 0 Å². The van der Waals surface area contributed by atoms with Gasteiger partial charge in [0.25, 0.3) is 0 Å². The number of hydrogen-bond acceptors (Lipinski definition) is 3. The maximum Gasteiger partial charge on any atom is 0.338 e. The summed E-state index contributed by atoms with van der Waals surface area (Å²) < 4.78 is 11.0. The second-order valence-electron chi connectivity index (χ2n) is 4.37. The lowest BCUT2D eigenvalue weighted by Gasteiger charge is -2.31. The van der Waals surface area contributed by atoms with Gasteiger partial charge in [-0.3, -0.25) is 0 Å². The van der Waals surface area contributed by atoms with Crippen molar-refractivity contribution in [3.8, 4) is 0 Å². The van der Waals surface area contributed by atoms with Crippen LogP contribution in [-0.4, -0.2) is 24.3 Å². The SMILES string of the molecule is CCO[C@@]1(C)C(=O)O[C@@H]2CCCC[C@@H]21. The smallest absolute Gasteiger partial charge is 0.338 e. The molecule has 2 aliphatic rings. The molecule has 1 saturated carbocycles. The van der Waals surface area contributed by atoms with Crippen LogP contribution in [0, 0.1) is 5.92 Å². The second kappa shape index (κ2) is 3.54. The van der Waals surface area contributed by atoms with Crippen LogP contribution in [-0.2, 0) is 14.3 Å². The molecule has 0 radical (unpaired) electrons. The highest BCUT2D eigenvalue weighted by molar-refractivity contribution is 5.82. The molecular formula is C11H18O3. The Labute approximate surface area is 84.8 Å². The Balaban J connectivity index is 2.18. The van der Waals surface area contributed by atoms with Crippen LogP contribution in [0.2, 0.25) is 0 Å². The molecule has 3 nitrogen and oxygen atoms in total. The summed E-state index contributed by atoms with van der Waals surface area (Å²) in [5, 5.41) is 0. The summed E-state index contributed by atoms with van der Waals surface area (Å²) in [5.74, 6) is 0.125. The Kier molecular flexibility index (Phi) is 2.52. The van der Waals surface area contributed by atoms with E-state index in [2.05, 4.69) is 0 Å². The van der Waals surface area contributed by atoms with E-state index in [0.29, 0.717) is 6.61 Å². The van der Waals surface area contributed by atoms with Crippen LogP contribution in [0.15, 0.2) is 0 Å². The van der Waals surface area contributed by atoms with Crippen molar-refractivity contribution in [3.05, 3.63) is 0 Å². The van der Waals surface area contributed by atoms with E-state index in [0.717, 1.165) is 12.8 Å². The predicted molar refractivity (Wildman–Crippen MR) is 51.9 cm³/mol. The Morgan fingerprint density at radius 3 is 2.93 bits per heavy atom. The minimum absolute atomic E-state index is 0.118. The summed E-state index contributed by atoms with van der Waals surface area (Å²) in [7, 11) is 0. The lowest BCUT2D eigenvalue weighted by atomic mass is 9.78. The zero-order valence-electron chi connectivity index (χ0n) is 8.91. The molecule has 0 unspecified atom stereocenters. The molecule has 0 aromatic heterocycles. The first-order valence-electron chi connectivity index (χ1n) is 5.53. The van der Waals surface area contributed by atoms with Crippen LogP contribution in [0.25, 0.3) is 0 Å². The van der Waals surface area contributed by atoms with Crippen LogP contribution < -0.4 is 0 Å². The molecule has 14 heavy (non-hydrogen) atoms. The molecule has 0 amide bonds. The average molecular weight is 198 g/mol. The molecule has 2 rings (SSSR count). The summed E-state index contributed by atoms with van der Waals surface area (Å²) in [6.45, 7) is 4.39. The Morgan fingerprint density at radius 2 is 2.21 bits per heavy atom. The lowest BCUT2D eigenvalue weighted by Crippen LogP contribution is -2.42. The van der Waals surface area contributed by atoms with Gasteiger partial charge in [0.2, 0.25) is 0 Å². The van der Waals surface area contributed by atoms with E-state index < -0.39 is 5.60 Å². The highest BCUT2D eigenvalue weighted by Gasteiger charge is 2.55. The standard InChI is InChI=1S/C11H18O3/c1-3-13-11(2)8-6-4-5-7-9(8)14-10(11)12/h8-9H,3-7H2,1-2H3/t8-,9+,11+/m0/s1. The van der Waals surface area contributed by atoms with Gasteiger partial charge in [-0.2, -0.15) is 0 Å². The normalized spacial score (nSPS) is 42.0. The number of carbonyl (C=O) groups excluding carboxylic acids is 1. The van der Waals surface area contributed by atoms with E-state index in [4.69, 9.17) is 9.47 Å². The molecule has 1 aliphatic heterocycles. The van der Waals surface area contributed by atoms with Crippen molar-refractivity contribution in [2.45, 2.75) is 51.2 Å². The third kappa shape index (κ3) is 1.34. The largest absolute Gasteiger partial charge is 0.460 e. The molecule has 1 heterocycles. The van der Waals surface area contributed by atoms with Gasteiger partial charge >= 0.3 is 5.97 Å². The van der Waals surface area contributed by atoms with Crippen molar-refractivity contribution in [2.75, 3.05) is 6.61 Å². The van der Waals surface area contributed by atoms with Gasteiger partial charge in [0, 0.05) is 12.5 Å². The fourth-order valence-corrected chi connectivity index (χ4v) is 2.74. The molecule has 0 spiro atoms. The van der Waals surface area contributed by atoms with Crippen molar-refractivity contribution >= 4 is 5.97 Å². The van der Waals surface area contributed by atoms with Crippen LogP contribution in [0.1, 0.15) is 39.5 Å². The zero-order chi connectivity index (χ0) is 10.2. The van der Waals surface area contributed by atoms with E-state index in [1.807, 2.05) is 13.8 Å². The number of rotatable bonds is 2. The Hall–Kier alpha value is -0.570. The van der Waals surface area contributed by atoms with Gasteiger partial charge < -0.3 is 9.47 Å². The highest BCUT2D eigenvalue weighted by atomic mass is 16.6. The minimum Gasteiger partial charge on any atom is -0.460 e. The quantitative estimate of drug-likeness (QED) is 0.636. The lowest BCUT2D eigenvalue weighted by molar-refractivity contribution is -0.159. The molecule has 80 valence electrons. The van der Waals surface area contributed by atoms with Gasteiger partial charge in [-0.25, -0.2) is 4.79 Å². The number of ether oxygens (including phenoxy) is 2. The second-order valence-corrected chi connectivity index (χ2v) is 4.37. The third-order valence-electron chi connectivity index (χ3n) is 3.52. The molecular weight excluding hydrogens is 180 g/mol. The van der Waals surface area contributed by atoms with Crippen molar-refractivity contribution in [2.24, 2.45) is 5.92 Å². The monoisotopic (exact) mass is 198 g/mol. The van der Waals surface area contributed by atoms with Gasteiger partial charge in [-0.05, 0) is 33.1 Å². The first-order chi connectivity index (χ1) is 6.68. The number of hydrogen-bond donors (Lipinski definition) is 0. The van der Waals surface area contributed by atoms with Crippen molar-refractivity contribution in [3.63, 3.8) is 0 Å². The Bertz CT molecular complexity index is 239. The van der Waals surface area contributed by atoms with Gasteiger partial charge in [0.1, 0.15) is 6.10 Å². The molecule has 3 heteroatoms. The van der Waals surface area contributed by atoms with Gasteiger partial charge in [-0.1, -0.05) is 6.42 Å². The van der Waals surface area contributed by atoms with E-state index in [-0.39, 0.29) is 18.0 Å². The molecule has 1 saturated heterocycles. The van der Waals surface area contributed by atoms with Crippen LogP contribution in [0.4, 0.5) is 0 Å². The Morgan fingerprint density at radius 1 is 1.50 bits per heavy atom. The minimum atomic E-state index is -0.667. The zero-order valence-corrected chi connectivity index (χ0v) is 8.91. The molecule has 0 bridgehead atoms. The number of carbonyl (C=O) groups is 1.